The zero-order valence-electron chi connectivity index (χ0n) is 6.70. The molecule has 0 aliphatic heterocycles. The van der Waals surface area contributed by atoms with E-state index in [0.717, 1.165) is 5.41 Å². The van der Waals surface area contributed by atoms with Crippen molar-refractivity contribution >= 4 is 31.5 Å². The summed E-state index contributed by atoms with van der Waals surface area (Å²) in [6.45, 7) is 3.23. The van der Waals surface area contributed by atoms with Crippen LogP contribution in [0.15, 0.2) is 39.6 Å². The molecule has 0 fully saturated rings. The molecule has 0 amide bonds. The van der Waals surface area contributed by atoms with Crippen LogP contribution in [0.2, 0.25) is 0 Å². The third-order valence-corrected chi connectivity index (χ3v) is 3.56. The van der Waals surface area contributed by atoms with Crippen molar-refractivity contribution < 1.29 is 8.42 Å². The fourth-order valence-electron chi connectivity index (χ4n) is 0.781. The van der Waals surface area contributed by atoms with E-state index >= 15 is 0 Å². The number of nitrogens with two attached hydrogens (primary N) is 1. The first-order valence-electron chi connectivity index (χ1n) is 3.40. The molecule has 70 valence electrons. The molecule has 1 rings (SSSR count). The topological polar surface area (TPSA) is 60.2 Å². The summed E-state index contributed by atoms with van der Waals surface area (Å²) in [7, 11) is -3.36. The Hall–Kier alpha value is -0.810. The van der Waals surface area contributed by atoms with E-state index in [-0.39, 0.29) is 4.90 Å². The van der Waals surface area contributed by atoms with Gasteiger partial charge >= 0.3 is 0 Å². The predicted molar refractivity (Wildman–Crippen MR) is 55.9 cm³/mol. The third-order valence-electron chi connectivity index (χ3n) is 1.52. The lowest BCUT2D eigenvalue weighted by atomic mass is 10.3. The zero-order chi connectivity index (χ0) is 10.1. The second kappa shape index (κ2) is 3.51. The zero-order valence-corrected chi connectivity index (χ0v) is 9.10. The molecule has 0 atom stereocenters. The standard InChI is InChI=1S/C8H8BrNO2S/c1-2-13(11,12)6-3-4-8(10)7(9)5-6/h2-5H,1,10H2. The number of anilines is 1. The summed E-state index contributed by atoms with van der Waals surface area (Å²) >= 11 is 3.14. The number of benzene rings is 1. The van der Waals surface area contributed by atoms with Gasteiger partial charge in [0.1, 0.15) is 0 Å². The van der Waals surface area contributed by atoms with Gasteiger partial charge in [0, 0.05) is 15.6 Å². The second-order valence-corrected chi connectivity index (χ2v) is 5.14. The molecule has 0 aliphatic rings. The van der Waals surface area contributed by atoms with E-state index in [1.807, 2.05) is 0 Å². The highest BCUT2D eigenvalue weighted by atomic mass is 79.9. The number of nitrogen functional groups attached to an aromatic ring is 1. The SMILES string of the molecule is C=CS(=O)(=O)c1ccc(N)c(Br)c1. The van der Waals surface area contributed by atoms with Crippen molar-refractivity contribution in [3.8, 4) is 0 Å². The third kappa shape index (κ3) is 2.10. The highest BCUT2D eigenvalue weighted by Gasteiger charge is 2.10. The van der Waals surface area contributed by atoms with Crippen LogP contribution in [0.4, 0.5) is 5.69 Å². The van der Waals surface area contributed by atoms with E-state index in [0.29, 0.717) is 10.2 Å². The fraction of sp³-hybridized carbons (Fsp3) is 0. The van der Waals surface area contributed by atoms with Gasteiger partial charge in [0.05, 0.1) is 4.90 Å². The van der Waals surface area contributed by atoms with Crippen LogP contribution in [0.3, 0.4) is 0 Å². The van der Waals surface area contributed by atoms with Crippen molar-refractivity contribution in [3.05, 3.63) is 34.7 Å². The van der Waals surface area contributed by atoms with Gasteiger partial charge < -0.3 is 5.73 Å². The van der Waals surface area contributed by atoms with Gasteiger partial charge in [-0.1, -0.05) is 6.58 Å². The number of hydrogen-bond donors (Lipinski definition) is 1. The van der Waals surface area contributed by atoms with E-state index < -0.39 is 9.84 Å². The van der Waals surface area contributed by atoms with Crippen molar-refractivity contribution in [2.75, 3.05) is 5.73 Å². The Morgan fingerprint density at radius 2 is 2.08 bits per heavy atom. The smallest absolute Gasteiger partial charge is 0.199 e. The lowest BCUT2D eigenvalue weighted by molar-refractivity contribution is 0.604. The maximum Gasteiger partial charge on any atom is 0.199 e. The van der Waals surface area contributed by atoms with Crippen molar-refractivity contribution in [2.24, 2.45) is 0 Å². The number of halogens is 1. The Morgan fingerprint density at radius 3 is 2.54 bits per heavy atom. The van der Waals surface area contributed by atoms with Crippen LogP contribution in [0.25, 0.3) is 0 Å². The first kappa shape index (κ1) is 10.3. The fourth-order valence-corrected chi connectivity index (χ4v) is 2.04. The van der Waals surface area contributed by atoms with Crippen molar-refractivity contribution in [3.63, 3.8) is 0 Å². The van der Waals surface area contributed by atoms with Crippen LogP contribution in [0.1, 0.15) is 0 Å². The lowest BCUT2D eigenvalue weighted by Gasteiger charge is -2.01. The highest BCUT2D eigenvalue weighted by Crippen LogP contribution is 2.23. The minimum Gasteiger partial charge on any atom is -0.398 e. The van der Waals surface area contributed by atoms with Crippen LogP contribution in [0.5, 0.6) is 0 Å². The molecule has 1 aromatic carbocycles. The van der Waals surface area contributed by atoms with Crippen LogP contribution in [0, 0.1) is 0 Å². The Labute approximate surface area is 85.3 Å². The molecule has 0 saturated heterocycles. The first-order chi connectivity index (χ1) is 5.97. The summed E-state index contributed by atoms with van der Waals surface area (Å²) in [5.41, 5.74) is 6.01. The van der Waals surface area contributed by atoms with Crippen LogP contribution < -0.4 is 5.73 Å². The maximum absolute atomic E-state index is 11.3. The minimum absolute atomic E-state index is 0.184. The van der Waals surface area contributed by atoms with Gasteiger partial charge in [0.2, 0.25) is 0 Å². The Kier molecular flexibility index (Phi) is 2.77. The van der Waals surface area contributed by atoms with Gasteiger partial charge in [-0.25, -0.2) is 8.42 Å². The second-order valence-electron chi connectivity index (χ2n) is 2.39. The highest BCUT2D eigenvalue weighted by molar-refractivity contribution is 9.10. The molecule has 0 bridgehead atoms. The molecule has 0 heterocycles. The maximum atomic E-state index is 11.3. The lowest BCUT2D eigenvalue weighted by Crippen LogP contribution is -1.96. The number of sulfone groups is 1. The van der Waals surface area contributed by atoms with E-state index in [1.54, 1.807) is 0 Å². The molecule has 0 radical (unpaired) electrons. The molecule has 0 saturated carbocycles. The summed E-state index contributed by atoms with van der Waals surface area (Å²) < 4.78 is 23.1. The van der Waals surface area contributed by atoms with Crippen molar-refractivity contribution in [1.29, 1.82) is 0 Å². The number of hydrogen-bond acceptors (Lipinski definition) is 3. The predicted octanol–water partition coefficient (Wildman–Crippen LogP) is 1.95. The Bertz CT molecular complexity index is 439. The molecule has 2 N–H and O–H groups in total. The van der Waals surface area contributed by atoms with E-state index in [4.69, 9.17) is 5.73 Å². The molecule has 1 aromatic rings. The average molecular weight is 262 g/mol. The molecule has 5 heteroatoms. The normalized spacial score (nSPS) is 11.2. The molecule has 3 nitrogen and oxygen atoms in total. The van der Waals surface area contributed by atoms with Crippen LogP contribution in [-0.2, 0) is 9.84 Å². The molecule has 13 heavy (non-hydrogen) atoms. The van der Waals surface area contributed by atoms with Gasteiger partial charge in [-0.05, 0) is 34.1 Å². The molecular formula is C8H8BrNO2S. The molecule has 0 spiro atoms. The van der Waals surface area contributed by atoms with E-state index in [9.17, 15) is 8.42 Å². The monoisotopic (exact) mass is 261 g/mol. The minimum atomic E-state index is -3.36. The van der Waals surface area contributed by atoms with Gasteiger partial charge in [-0.15, -0.1) is 0 Å². The van der Waals surface area contributed by atoms with Gasteiger partial charge in [0.15, 0.2) is 9.84 Å². The van der Waals surface area contributed by atoms with Gasteiger partial charge in [-0.2, -0.15) is 0 Å². The molecule has 0 unspecified atom stereocenters. The Balaban J connectivity index is 3.35. The average Bonchev–Trinajstić information content (AvgIpc) is 2.09. The largest absolute Gasteiger partial charge is 0.398 e. The van der Waals surface area contributed by atoms with E-state index in [1.165, 1.54) is 18.2 Å². The molecule has 0 aromatic heterocycles. The summed E-state index contributed by atoms with van der Waals surface area (Å²) in [6, 6.07) is 4.42. The quantitative estimate of drug-likeness (QED) is 0.828. The van der Waals surface area contributed by atoms with Crippen molar-refractivity contribution in [1.82, 2.24) is 0 Å². The van der Waals surface area contributed by atoms with Gasteiger partial charge in [0.25, 0.3) is 0 Å². The van der Waals surface area contributed by atoms with Gasteiger partial charge in [-0.3, -0.25) is 0 Å². The molecule has 0 aliphatic carbocycles. The van der Waals surface area contributed by atoms with Crippen LogP contribution in [-0.4, -0.2) is 8.42 Å². The first-order valence-corrected chi connectivity index (χ1v) is 5.74. The summed E-state index contributed by atoms with van der Waals surface area (Å²) in [5, 5.41) is 0.908. The van der Waals surface area contributed by atoms with Crippen molar-refractivity contribution in [2.45, 2.75) is 4.90 Å². The summed E-state index contributed by atoms with van der Waals surface area (Å²) in [5.74, 6) is 0. The summed E-state index contributed by atoms with van der Waals surface area (Å²) in [4.78, 5) is 0.184. The number of rotatable bonds is 2. The molecular weight excluding hydrogens is 254 g/mol. The Morgan fingerprint density at radius 1 is 1.46 bits per heavy atom. The van der Waals surface area contributed by atoms with Crippen LogP contribution >= 0.6 is 15.9 Å². The van der Waals surface area contributed by atoms with E-state index in [2.05, 4.69) is 22.5 Å². The summed E-state index contributed by atoms with van der Waals surface area (Å²) in [6.07, 6.45) is 0.